The number of amides is 2. The van der Waals surface area contributed by atoms with Crippen LogP contribution in [0.25, 0.3) is 0 Å². The second-order valence-electron chi connectivity index (χ2n) is 10.2. The molecule has 2 aliphatic heterocycles. The van der Waals surface area contributed by atoms with E-state index in [-0.39, 0.29) is 23.3 Å². The maximum atomic E-state index is 13.6. The van der Waals surface area contributed by atoms with E-state index in [1.54, 1.807) is 6.07 Å². The van der Waals surface area contributed by atoms with Crippen LogP contribution in [0.3, 0.4) is 0 Å². The summed E-state index contributed by atoms with van der Waals surface area (Å²) in [6.45, 7) is 8.73. The predicted molar refractivity (Wildman–Crippen MR) is 130 cm³/mol. The number of phenols is 1. The SMILES string of the molecule is CCc1cccc(O)c1C[C@H]1N(C(=O)c2ccc(CN3CCCC3=O)cc2)CCCC1(C)C. The van der Waals surface area contributed by atoms with Crippen molar-refractivity contribution in [2.45, 2.75) is 71.9 Å². The summed E-state index contributed by atoms with van der Waals surface area (Å²) < 4.78 is 0. The highest BCUT2D eigenvalue weighted by molar-refractivity contribution is 5.94. The van der Waals surface area contributed by atoms with Crippen molar-refractivity contribution < 1.29 is 14.7 Å². The van der Waals surface area contributed by atoms with Crippen molar-refractivity contribution in [1.29, 1.82) is 0 Å². The Morgan fingerprint density at radius 3 is 2.52 bits per heavy atom. The zero-order valence-corrected chi connectivity index (χ0v) is 20.1. The van der Waals surface area contributed by atoms with Crippen molar-refractivity contribution in [3.63, 3.8) is 0 Å². The van der Waals surface area contributed by atoms with Crippen LogP contribution in [-0.2, 0) is 24.2 Å². The Kier molecular flexibility index (Phi) is 6.78. The minimum absolute atomic E-state index is 0.0132. The van der Waals surface area contributed by atoms with Crippen LogP contribution in [0.5, 0.6) is 5.75 Å². The van der Waals surface area contributed by atoms with E-state index in [0.717, 1.165) is 55.5 Å². The number of aryl methyl sites for hydroxylation is 1. The van der Waals surface area contributed by atoms with Crippen molar-refractivity contribution in [3.8, 4) is 5.75 Å². The van der Waals surface area contributed by atoms with Crippen LogP contribution in [0.4, 0.5) is 0 Å². The Labute approximate surface area is 197 Å². The molecule has 2 amide bonds. The second-order valence-corrected chi connectivity index (χ2v) is 10.2. The largest absolute Gasteiger partial charge is 0.508 e. The number of piperidine rings is 1. The molecule has 5 nitrogen and oxygen atoms in total. The van der Waals surface area contributed by atoms with Gasteiger partial charge in [-0.05, 0) is 72.4 Å². The molecule has 0 saturated carbocycles. The summed E-state index contributed by atoms with van der Waals surface area (Å²) in [6.07, 6.45) is 5.11. The highest BCUT2D eigenvalue weighted by Gasteiger charge is 2.40. The first kappa shape index (κ1) is 23.3. The maximum absolute atomic E-state index is 13.6. The Hall–Kier alpha value is -2.82. The summed E-state index contributed by atoms with van der Waals surface area (Å²) in [5.74, 6) is 0.582. The van der Waals surface area contributed by atoms with Crippen molar-refractivity contribution in [3.05, 3.63) is 64.7 Å². The van der Waals surface area contributed by atoms with Crippen LogP contribution in [-0.4, -0.2) is 45.9 Å². The van der Waals surface area contributed by atoms with Crippen LogP contribution in [0.1, 0.15) is 73.5 Å². The van der Waals surface area contributed by atoms with Gasteiger partial charge in [0.1, 0.15) is 5.75 Å². The topological polar surface area (TPSA) is 60.9 Å². The van der Waals surface area contributed by atoms with E-state index < -0.39 is 0 Å². The number of aromatic hydroxyl groups is 1. The lowest BCUT2D eigenvalue weighted by molar-refractivity contribution is -0.128. The van der Waals surface area contributed by atoms with Gasteiger partial charge in [0.15, 0.2) is 0 Å². The maximum Gasteiger partial charge on any atom is 0.254 e. The van der Waals surface area contributed by atoms with Crippen LogP contribution < -0.4 is 0 Å². The third-order valence-electron chi connectivity index (χ3n) is 7.53. The van der Waals surface area contributed by atoms with Crippen LogP contribution in [0.15, 0.2) is 42.5 Å². The Morgan fingerprint density at radius 1 is 1.09 bits per heavy atom. The molecule has 0 spiro atoms. The monoisotopic (exact) mass is 448 g/mol. The molecule has 4 rings (SSSR count). The molecule has 176 valence electrons. The minimum atomic E-state index is -0.0444. The second kappa shape index (κ2) is 9.58. The summed E-state index contributed by atoms with van der Waals surface area (Å²) in [4.78, 5) is 29.5. The van der Waals surface area contributed by atoms with Gasteiger partial charge in [-0.15, -0.1) is 0 Å². The number of likely N-dealkylation sites (tertiary alicyclic amines) is 2. The number of nitrogens with zero attached hydrogens (tertiary/aromatic N) is 2. The van der Waals surface area contributed by atoms with Crippen molar-refractivity contribution >= 4 is 11.8 Å². The molecule has 0 aromatic heterocycles. The van der Waals surface area contributed by atoms with E-state index in [4.69, 9.17) is 0 Å². The first-order valence-corrected chi connectivity index (χ1v) is 12.3. The molecule has 5 heteroatoms. The summed E-state index contributed by atoms with van der Waals surface area (Å²) in [5, 5.41) is 10.6. The van der Waals surface area contributed by atoms with Gasteiger partial charge in [-0.25, -0.2) is 0 Å². The van der Waals surface area contributed by atoms with E-state index in [1.807, 2.05) is 40.1 Å². The fourth-order valence-corrected chi connectivity index (χ4v) is 5.47. The first-order chi connectivity index (χ1) is 15.8. The normalized spacial score (nSPS) is 20.3. The molecule has 2 fully saturated rings. The number of carbonyl (C=O) groups is 2. The summed E-state index contributed by atoms with van der Waals surface area (Å²) in [6, 6.07) is 13.5. The van der Waals surface area contributed by atoms with Gasteiger partial charge in [0.2, 0.25) is 5.91 Å². The van der Waals surface area contributed by atoms with Crippen LogP contribution in [0.2, 0.25) is 0 Å². The molecule has 2 aromatic carbocycles. The zero-order chi connectivity index (χ0) is 23.6. The standard InChI is InChI=1S/C28H36N2O3/c1-4-21-8-5-9-24(31)23(21)18-25-28(2,3)15-7-17-30(25)27(33)22-13-11-20(12-14-22)19-29-16-6-10-26(29)32/h5,8-9,11-14,25,31H,4,6-7,10,15-19H2,1-3H3/t25-/m1/s1. The molecule has 2 aliphatic rings. The average Bonchev–Trinajstić information content (AvgIpc) is 3.20. The van der Waals surface area contributed by atoms with Gasteiger partial charge >= 0.3 is 0 Å². The van der Waals surface area contributed by atoms with Gasteiger partial charge in [0.25, 0.3) is 5.91 Å². The highest BCUT2D eigenvalue weighted by Crippen LogP contribution is 2.39. The van der Waals surface area contributed by atoms with Gasteiger partial charge in [-0.2, -0.15) is 0 Å². The summed E-state index contributed by atoms with van der Waals surface area (Å²) in [5.41, 5.74) is 3.80. The lowest BCUT2D eigenvalue weighted by atomic mass is 9.73. The van der Waals surface area contributed by atoms with Gasteiger partial charge in [-0.1, -0.05) is 45.0 Å². The molecule has 2 heterocycles. The van der Waals surface area contributed by atoms with E-state index in [0.29, 0.717) is 30.7 Å². The molecule has 0 radical (unpaired) electrons. The summed E-state index contributed by atoms with van der Waals surface area (Å²) >= 11 is 0. The Bertz CT molecular complexity index is 1010. The molecular formula is C28H36N2O3. The lowest BCUT2D eigenvalue weighted by Gasteiger charge is -2.47. The number of rotatable bonds is 6. The first-order valence-electron chi connectivity index (χ1n) is 12.3. The third-order valence-corrected chi connectivity index (χ3v) is 7.53. The fourth-order valence-electron chi connectivity index (χ4n) is 5.47. The highest BCUT2D eigenvalue weighted by atomic mass is 16.3. The Morgan fingerprint density at radius 2 is 1.85 bits per heavy atom. The molecule has 0 bridgehead atoms. The molecular weight excluding hydrogens is 412 g/mol. The fraction of sp³-hybridized carbons (Fsp3) is 0.500. The molecule has 0 unspecified atom stereocenters. The number of hydrogen-bond donors (Lipinski definition) is 1. The Balaban J connectivity index is 1.55. The average molecular weight is 449 g/mol. The van der Waals surface area contributed by atoms with Gasteiger partial charge < -0.3 is 14.9 Å². The molecule has 1 N–H and O–H groups in total. The molecule has 0 aliphatic carbocycles. The predicted octanol–water partition coefficient (Wildman–Crippen LogP) is 4.95. The smallest absolute Gasteiger partial charge is 0.254 e. The molecule has 1 atom stereocenters. The van der Waals surface area contributed by atoms with Crippen LogP contribution >= 0.6 is 0 Å². The van der Waals surface area contributed by atoms with E-state index in [2.05, 4.69) is 26.8 Å². The van der Waals surface area contributed by atoms with Gasteiger partial charge in [0, 0.05) is 37.7 Å². The van der Waals surface area contributed by atoms with E-state index in [1.165, 1.54) is 0 Å². The summed E-state index contributed by atoms with van der Waals surface area (Å²) in [7, 11) is 0. The number of benzene rings is 2. The molecule has 33 heavy (non-hydrogen) atoms. The zero-order valence-electron chi connectivity index (χ0n) is 20.1. The third kappa shape index (κ3) is 4.92. The van der Waals surface area contributed by atoms with Crippen molar-refractivity contribution in [2.24, 2.45) is 5.41 Å². The van der Waals surface area contributed by atoms with Gasteiger partial charge in [-0.3, -0.25) is 9.59 Å². The molecule has 2 aromatic rings. The van der Waals surface area contributed by atoms with Gasteiger partial charge in [0.05, 0.1) is 0 Å². The number of phenolic OH excluding ortho intramolecular Hbond substituents is 1. The lowest BCUT2D eigenvalue weighted by Crippen LogP contribution is -2.53. The number of hydrogen-bond acceptors (Lipinski definition) is 3. The quantitative estimate of drug-likeness (QED) is 0.680. The number of carbonyl (C=O) groups excluding carboxylic acids is 2. The molecule has 2 saturated heterocycles. The minimum Gasteiger partial charge on any atom is -0.508 e. The van der Waals surface area contributed by atoms with E-state index in [9.17, 15) is 14.7 Å². The van der Waals surface area contributed by atoms with E-state index >= 15 is 0 Å². The van der Waals surface area contributed by atoms with Crippen LogP contribution in [0, 0.1) is 5.41 Å². The van der Waals surface area contributed by atoms with Crippen molar-refractivity contribution in [2.75, 3.05) is 13.1 Å². The van der Waals surface area contributed by atoms with Crippen molar-refractivity contribution in [1.82, 2.24) is 9.80 Å².